The van der Waals surface area contributed by atoms with Crippen LogP contribution in [-0.4, -0.2) is 7.05 Å². The lowest BCUT2D eigenvalue weighted by atomic mass is 10.2. The highest BCUT2D eigenvalue weighted by Crippen LogP contribution is 2.33. The topological polar surface area (TPSA) is 21.3 Å². The highest BCUT2D eigenvalue weighted by atomic mass is 79.9. The van der Waals surface area contributed by atoms with E-state index in [9.17, 15) is 0 Å². The molecule has 0 fully saturated rings. The first-order chi connectivity index (χ1) is 9.10. The number of hydrogen-bond acceptors (Lipinski definition) is 2. The van der Waals surface area contributed by atoms with E-state index in [0.717, 1.165) is 28.1 Å². The summed E-state index contributed by atoms with van der Waals surface area (Å²) in [5.74, 6) is 1.55. The van der Waals surface area contributed by atoms with Gasteiger partial charge < -0.3 is 10.1 Å². The van der Waals surface area contributed by atoms with Gasteiger partial charge in [0.25, 0.3) is 0 Å². The molecular weight excluding hydrogens is 326 g/mol. The van der Waals surface area contributed by atoms with Gasteiger partial charge in [0.2, 0.25) is 0 Å². The van der Waals surface area contributed by atoms with Crippen LogP contribution in [-0.2, 0) is 6.54 Å². The standard InChI is InChI=1S/C15H15BrClNO/c1-10-3-6-14(13(16)7-10)19-15-8-12(17)5-4-11(15)9-18-2/h3-8,18H,9H2,1-2H3. The Morgan fingerprint density at radius 2 is 1.95 bits per heavy atom. The molecule has 0 saturated carbocycles. The van der Waals surface area contributed by atoms with Crippen LogP contribution >= 0.6 is 27.5 Å². The molecule has 0 heterocycles. The normalized spacial score (nSPS) is 10.5. The molecule has 0 aliphatic heterocycles. The molecule has 100 valence electrons. The second-order valence-electron chi connectivity index (χ2n) is 4.32. The molecule has 4 heteroatoms. The first-order valence-electron chi connectivity index (χ1n) is 5.97. The maximum atomic E-state index is 6.04. The summed E-state index contributed by atoms with van der Waals surface area (Å²) < 4.78 is 6.89. The van der Waals surface area contributed by atoms with E-state index in [4.69, 9.17) is 16.3 Å². The minimum Gasteiger partial charge on any atom is -0.456 e. The van der Waals surface area contributed by atoms with Crippen molar-refractivity contribution in [2.24, 2.45) is 0 Å². The quantitative estimate of drug-likeness (QED) is 0.852. The number of hydrogen-bond donors (Lipinski definition) is 1. The Hall–Kier alpha value is -1.03. The Morgan fingerprint density at radius 3 is 2.63 bits per heavy atom. The molecular formula is C15H15BrClNO. The van der Waals surface area contributed by atoms with E-state index in [0.29, 0.717) is 5.02 Å². The third-order valence-corrected chi connectivity index (χ3v) is 3.56. The molecule has 0 saturated heterocycles. The molecule has 0 atom stereocenters. The Morgan fingerprint density at radius 1 is 1.16 bits per heavy atom. The monoisotopic (exact) mass is 339 g/mol. The highest BCUT2D eigenvalue weighted by molar-refractivity contribution is 9.10. The average molecular weight is 341 g/mol. The van der Waals surface area contributed by atoms with Crippen LogP contribution < -0.4 is 10.1 Å². The van der Waals surface area contributed by atoms with E-state index in [1.807, 2.05) is 50.4 Å². The summed E-state index contributed by atoms with van der Waals surface area (Å²) in [4.78, 5) is 0. The van der Waals surface area contributed by atoms with Crippen molar-refractivity contribution in [3.8, 4) is 11.5 Å². The lowest BCUT2D eigenvalue weighted by molar-refractivity contribution is 0.471. The fourth-order valence-corrected chi connectivity index (χ4v) is 2.50. The molecule has 0 aromatic heterocycles. The summed E-state index contributed by atoms with van der Waals surface area (Å²) in [6.07, 6.45) is 0. The summed E-state index contributed by atoms with van der Waals surface area (Å²) in [6.45, 7) is 2.77. The third-order valence-electron chi connectivity index (χ3n) is 2.70. The van der Waals surface area contributed by atoms with Crippen LogP contribution in [0.3, 0.4) is 0 Å². The summed E-state index contributed by atoms with van der Waals surface area (Å²) in [6, 6.07) is 11.7. The van der Waals surface area contributed by atoms with Crippen molar-refractivity contribution in [3.05, 3.63) is 57.0 Å². The number of benzene rings is 2. The van der Waals surface area contributed by atoms with Gasteiger partial charge in [-0.1, -0.05) is 23.7 Å². The molecule has 2 aromatic rings. The van der Waals surface area contributed by atoms with Gasteiger partial charge in [-0.2, -0.15) is 0 Å². The molecule has 0 amide bonds. The predicted octanol–water partition coefficient (Wildman–Crippen LogP) is 4.92. The van der Waals surface area contributed by atoms with Gasteiger partial charge in [-0.15, -0.1) is 0 Å². The van der Waals surface area contributed by atoms with Gasteiger partial charge in [0, 0.05) is 17.1 Å². The second-order valence-corrected chi connectivity index (χ2v) is 5.61. The van der Waals surface area contributed by atoms with Crippen LogP contribution in [0.1, 0.15) is 11.1 Å². The second kappa shape index (κ2) is 6.42. The molecule has 2 nitrogen and oxygen atoms in total. The first-order valence-corrected chi connectivity index (χ1v) is 7.14. The van der Waals surface area contributed by atoms with Crippen LogP contribution in [0.4, 0.5) is 0 Å². The lowest BCUT2D eigenvalue weighted by Crippen LogP contribution is -2.06. The number of halogens is 2. The molecule has 0 spiro atoms. The molecule has 0 aliphatic rings. The van der Waals surface area contributed by atoms with Crippen LogP contribution in [0.25, 0.3) is 0 Å². The number of aryl methyl sites for hydroxylation is 1. The summed E-state index contributed by atoms with van der Waals surface area (Å²) in [7, 11) is 1.90. The molecule has 0 bridgehead atoms. The minimum absolute atomic E-state index is 0.665. The van der Waals surface area contributed by atoms with Gasteiger partial charge in [-0.05, 0) is 59.7 Å². The molecule has 19 heavy (non-hydrogen) atoms. The Labute approximate surface area is 126 Å². The molecule has 2 aromatic carbocycles. The number of nitrogens with one attached hydrogen (secondary N) is 1. The van der Waals surface area contributed by atoms with Crippen molar-refractivity contribution in [2.45, 2.75) is 13.5 Å². The van der Waals surface area contributed by atoms with Gasteiger partial charge in [0.1, 0.15) is 11.5 Å². The van der Waals surface area contributed by atoms with Crippen molar-refractivity contribution < 1.29 is 4.74 Å². The fourth-order valence-electron chi connectivity index (χ4n) is 1.77. The van der Waals surface area contributed by atoms with E-state index in [2.05, 4.69) is 21.2 Å². The smallest absolute Gasteiger partial charge is 0.141 e. The number of rotatable bonds is 4. The zero-order valence-corrected chi connectivity index (χ0v) is 13.2. The maximum absolute atomic E-state index is 6.04. The summed E-state index contributed by atoms with van der Waals surface area (Å²) >= 11 is 9.55. The zero-order chi connectivity index (χ0) is 13.8. The average Bonchev–Trinajstić information content (AvgIpc) is 2.36. The Bertz CT molecular complexity index is 586. The number of ether oxygens (including phenoxy) is 1. The Balaban J connectivity index is 2.33. The van der Waals surface area contributed by atoms with Gasteiger partial charge in [-0.3, -0.25) is 0 Å². The van der Waals surface area contributed by atoms with Crippen molar-refractivity contribution in [1.82, 2.24) is 5.32 Å². The minimum atomic E-state index is 0.665. The van der Waals surface area contributed by atoms with E-state index in [1.54, 1.807) is 0 Å². The summed E-state index contributed by atoms with van der Waals surface area (Å²) in [5.41, 5.74) is 2.25. The van der Waals surface area contributed by atoms with Crippen LogP contribution in [0, 0.1) is 6.92 Å². The first kappa shape index (κ1) is 14.4. The predicted molar refractivity (Wildman–Crippen MR) is 83.2 cm³/mol. The molecule has 0 aliphatic carbocycles. The van der Waals surface area contributed by atoms with E-state index >= 15 is 0 Å². The zero-order valence-electron chi connectivity index (χ0n) is 10.8. The lowest BCUT2D eigenvalue weighted by Gasteiger charge is -2.13. The Kier molecular flexibility index (Phi) is 4.86. The van der Waals surface area contributed by atoms with Crippen molar-refractivity contribution >= 4 is 27.5 Å². The maximum Gasteiger partial charge on any atom is 0.141 e. The van der Waals surface area contributed by atoms with Gasteiger partial charge >= 0.3 is 0 Å². The third kappa shape index (κ3) is 3.72. The van der Waals surface area contributed by atoms with Crippen LogP contribution in [0.2, 0.25) is 5.02 Å². The largest absolute Gasteiger partial charge is 0.456 e. The van der Waals surface area contributed by atoms with E-state index in [1.165, 1.54) is 5.56 Å². The van der Waals surface area contributed by atoms with Crippen LogP contribution in [0.5, 0.6) is 11.5 Å². The van der Waals surface area contributed by atoms with Crippen LogP contribution in [0.15, 0.2) is 40.9 Å². The van der Waals surface area contributed by atoms with Gasteiger partial charge in [0.15, 0.2) is 0 Å². The highest BCUT2D eigenvalue weighted by Gasteiger charge is 2.08. The van der Waals surface area contributed by atoms with E-state index < -0.39 is 0 Å². The van der Waals surface area contributed by atoms with E-state index in [-0.39, 0.29) is 0 Å². The van der Waals surface area contributed by atoms with Crippen molar-refractivity contribution in [1.29, 1.82) is 0 Å². The molecule has 2 rings (SSSR count). The summed E-state index contributed by atoms with van der Waals surface area (Å²) in [5, 5.41) is 3.78. The molecule has 1 N–H and O–H groups in total. The van der Waals surface area contributed by atoms with Gasteiger partial charge in [-0.25, -0.2) is 0 Å². The fraction of sp³-hybridized carbons (Fsp3) is 0.200. The molecule has 0 unspecified atom stereocenters. The molecule has 0 radical (unpaired) electrons. The van der Waals surface area contributed by atoms with Gasteiger partial charge in [0.05, 0.1) is 4.47 Å². The van der Waals surface area contributed by atoms with Crippen molar-refractivity contribution in [3.63, 3.8) is 0 Å². The SMILES string of the molecule is CNCc1ccc(Cl)cc1Oc1ccc(C)cc1Br. The van der Waals surface area contributed by atoms with Crippen molar-refractivity contribution in [2.75, 3.05) is 7.05 Å².